The summed E-state index contributed by atoms with van der Waals surface area (Å²) >= 11 is 5.14. The molecule has 150 valence electrons. The standard InChI is InChI=1S/C24H29BrO2S/c25-16-10-6-4-2-1-3-5-7-11-17-27-19-14-15-23-21(18-19)24(26)20-12-8-9-13-22(20)28-23/h8-9,12-15,18H,1-7,10-11,16-17H2. The highest BCUT2D eigenvalue weighted by Gasteiger charge is 2.07. The van der Waals surface area contributed by atoms with Crippen molar-refractivity contribution in [3.8, 4) is 5.75 Å². The first-order valence-electron chi connectivity index (χ1n) is 10.4. The van der Waals surface area contributed by atoms with E-state index in [0.717, 1.165) is 44.3 Å². The van der Waals surface area contributed by atoms with E-state index in [2.05, 4.69) is 15.9 Å². The molecule has 0 radical (unpaired) electrons. The first kappa shape index (κ1) is 21.3. The summed E-state index contributed by atoms with van der Waals surface area (Å²) in [6.45, 7) is 0.724. The summed E-state index contributed by atoms with van der Waals surface area (Å²) in [6, 6.07) is 13.7. The van der Waals surface area contributed by atoms with Gasteiger partial charge in [-0.25, -0.2) is 0 Å². The number of unbranched alkanes of at least 4 members (excludes halogenated alkanes) is 8. The Morgan fingerprint density at radius 1 is 0.750 bits per heavy atom. The molecular formula is C24H29BrO2S. The first-order valence-corrected chi connectivity index (χ1v) is 12.4. The maximum Gasteiger partial charge on any atom is 0.196 e. The summed E-state index contributed by atoms with van der Waals surface area (Å²) in [6.07, 6.45) is 11.7. The molecule has 3 rings (SSSR count). The van der Waals surface area contributed by atoms with Crippen molar-refractivity contribution in [2.45, 2.75) is 57.8 Å². The molecule has 0 fully saturated rings. The summed E-state index contributed by atoms with van der Waals surface area (Å²) in [5, 5.41) is 2.70. The minimum Gasteiger partial charge on any atom is -0.494 e. The van der Waals surface area contributed by atoms with Gasteiger partial charge in [-0.3, -0.25) is 4.79 Å². The Morgan fingerprint density at radius 2 is 1.39 bits per heavy atom. The van der Waals surface area contributed by atoms with Crippen LogP contribution in [0.1, 0.15) is 57.8 Å². The van der Waals surface area contributed by atoms with Crippen molar-refractivity contribution in [2.75, 3.05) is 11.9 Å². The van der Waals surface area contributed by atoms with E-state index in [0.29, 0.717) is 0 Å². The second-order valence-electron chi connectivity index (χ2n) is 7.30. The Bertz CT molecular complexity index is 935. The molecule has 2 nitrogen and oxygen atoms in total. The van der Waals surface area contributed by atoms with Crippen molar-refractivity contribution >= 4 is 47.4 Å². The monoisotopic (exact) mass is 460 g/mol. The number of ether oxygens (including phenoxy) is 1. The fourth-order valence-electron chi connectivity index (χ4n) is 3.50. The van der Waals surface area contributed by atoms with E-state index in [9.17, 15) is 4.79 Å². The Labute approximate surface area is 180 Å². The third-order valence-corrected chi connectivity index (χ3v) is 6.81. The summed E-state index contributed by atoms with van der Waals surface area (Å²) in [7, 11) is 0. The van der Waals surface area contributed by atoms with Gasteiger partial charge in [0, 0.05) is 25.5 Å². The quantitative estimate of drug-likeness (QED) is 0.157. The zero-order valence-electron chi connectivity index (χ0n) is 16.4. The van der Waals surface area contributed by atoms with Crippen molar-refractivity contribution in [3.05, 3.63) is 52.7 Å². The molecule has 1 heterocycles. The fourth-order valence-corrected chi connectivity index (χ4v) is 4.94. The largest absolute Gasteiger partial charge is 0.494 e. The van der Waals surface area contributed by atoms with Crippen LogP contribution in [0.25, 0.3) is 20.2 Å². The number of benzene rings is 2. The molecule has 0 saturated heterocycles. The van der Waals surface area contributed by atoms with Gasteiger partial charge in [-0.1, -0.05) is 73.0 Å². The molecule has 0 aliphatic rings. The molecule has 0 aliphatic heterocycles. The zero-order valence-corrected chi connectivity index (χ0v) is 18.8. The number of halogens is 1. The SMILES string of the molecule is O=c1c2ccccc2sc2ccc(OCCCCCCCCCCCBr)cc12. The van der Waals surface area contributed by atoms with Gasteiger partial charge in [0.15, 0.2) is 5.43 Å². The van der Waals surface area contributed by atoms with E-state index in [4.69, 9.17) is 4.74 Å². The van der Waals surface area contributed by atoms with Crippen LogP contribution in [-0.2, 0) is 0 Å². The van der Waals surface area contributed by atoms with Crippen LogP contribution in [0, 0.1) is 0 Å². The lowest BCUT2D eigenvalue weighted by atomic mass is 10.1. The molecule has 0 atom stereocenters. The molecule has 0 amide bonds. The predicted molar refractivity (Wildman–Crippen MR) is 126 cm³/mol. The second kappa shape index (κ2) is 11.6. The van der Waals surface area contributed by atoms with Gasteiger partial charge in [-0.15, -0.1) is 11.3 Å². The molecule has 0 spiro atoms. The average molecular weight is 461 g/mol. The molecule has 2 aromatic carbocycles. The summed E-state index contributed by atoms with van der Waals surface area (Å²) in [5.41, 5.74) is 0.103. The Hall–Kier alpha value is -1.39. The Kier molecular flexibility index (Phi) is 8.81. The van der Waals surface area contributed by atoms with Gasteiger partial charge in [0.1, 0.15) is 5.75 Å². The number of rotatable bonds is 12. The molecular weight excluding hydrogens is 432 g/mol. The summed E-state index contributed by atoms with van der Waals surface area (Å²) in [4.78, 5) is 12.7. The van der Waals surface area contributed by atoms with Gasteiger partial charge >= 0.3 is 0 Å². The van der Waals surface area contributed by atoms with Crippen LogP contribution in [0.15, 0.2) is 47.3 Å². The molecule has 3 aromatic rings. The normalized spacial score (nSPS) is 11.3. The first-order chi connectivity index (χ1) is 13.8. The maximum atomic E-state index is 12.7. The van der Waals surface area contributed by atoms with Crippen LogP contribution in [0.4, 0.5) is 0 Å². The van der Waals surface area contributed by atoms with E-state index in [1.165, 1.54) is 51.4 Å². The van der Waals surface area contributed by atoms with Gasteiger partial charge in [0.2, 0.25) is 0 Å². The fraction of sp³-hybridized carbons (Fsp3) is 0.458. The van der Waals surface area contributed by atoms with Crippen LogP contribution in [0.3, 0.4) is 0 Å². The topological polar surface area (TPSA) is 26.3 Å². The Balaban J connectivity index is 1.42. The average Bonchev–Trinajstić information content (AvgIpc) is 2.72. The van der Waals surface area contributed by atoms with E-state index >= 15 is 0 Å². The minimum atomic E-state index is 0.103. The summed E-state index contributed by atoms with van der Waals surface area (Å²) in [5.74, 6) is 0.805. The molecule has 0 aliphatic carbocycles. The van der Waals surface area contributed by atoms with E-state index in [1.807, 2.05) is 42.5 Å². The number of fused-ring (bicyclic) bond motifs is 2. The molecule has 0 bridgehead atoms. The van der Waals surface area contributed by atoms with Gasteiger partial charge in [0.25, 0.3) is 0 Å². The number of alkyl halides is 1. The van der Waals surface area contributed by atoms with Crippen molar-refractivity contribution in [1.29, 1.82) is 0 Å². The predicted octanol–water partition coefficient (Wildman–Crippen LogP) is 7.70. The minimum absolute atomic E-state index is 0.103. The van der Waals surface area contributed by atoms with Gasteiger partial charge in [-0.05, 0) is 43.2 Å². The zero-order chi connectivity index (χ0) is 19.6. The Morgan fingerprint density at radius 3 is 2.14 bits per heavy atom. The van der Waals surface area contributed by atoms with Crippen molar-refractivity contribution in [2.24, 2.45) is 0 Å². The van der Waals surface area contributed by atoms with E-state index < -0.39 is 0 Å². The summed E-state index contributed by atoms with van der Waals surface area (Å²) < 4.78 is 7.97. The van der Waals surface area contributed by atoms with E-state index in [-0.39, 0.29) is 5.43 Å². The molecule has 0 saturated carbocycles. The van der Waals surface area contributed by atoms with E-state index in [1.54, 1.807) is 11.3 Å². The van der Waals surface area contributed by atoms with Gasteiger partial charge < -0.3 is 4.74 Å². The highest BCUT2D eigenvalue weighted by molar-refractivity contribution is 9.09. The second-order valence-corrected chi connectivity index (χ2v) is 9.18. The lowest BCUT2D eigenvalue weighted by Crippen LogP contribution is -2.02. The maximum absolute atomic E-state index is 12.7. The van der Waals surface area contributed by atoms with Crippen LogP contribution < -0.4 is 10.2 Å². The number of hydrogen-bond donors (Lipinski definition) is 0. The molecule has 28 heavy (non-hydrogen) atoms. The van der Waals surface area contributed by atoms with Crippen molar-refractivity contribution in [3.63, 3.8) is 0 Å². The van der Waals surface area contributed by atoms with Crippen molar-refractivity contribution < 1.29 is 4.74 Å². The molecule has 4 heteroatoms. The highest BCUT2D eigenvalue weighted by Crippen LogP contribution is 2.27. The number of hydrogen-bond acceptors (Lipinski definition) is 3. The van der Waals surface area contributed by atoms with Gasteiger partial charge in [0.05, 0.1) is 6.61 Å². The van der Waals surface area contributed by atoms with Gasteiger partial charge in [-0.2, -0.15) is 0 Å². The smallest absolute Gasteiger partial charge is 0.196 e. The highest BCUT2D eigenvalue weighted by atomic mass is 79.9. The van der Waals surface area contributed by atoms with Crippen molar-refractivity contribution in [1.82, 2.24) is 0 Å². The molecule has 0 unspecified atom stereocenters. The van der Waals surface area contributed by atoms with Crippen LogP contribution in [-0.4, -0.2) is 11.9 Å². The third-order valence-electron chi connectivity index (χ3n) is 5.09. The van der Waals surface area contributed by atoms with Crippen LogP contribution >= 0.6 is 27.3 Å². The molecule has 0 N–H and O–H groups in total. The van der Waals surface area contributed by atoms with Crippen LogP contribution in [0.2, 0.25) is 0 Å². The lowest BCUT2D eigenvalue weighted by Gasteiger charge is -2.08. The lowest BCUT2D eigenvalue weighted by molar-refractivity contribution is 0.304. The van der Waals surface area contributed by atoms with Crippen LogP contribution in [0.5, 0.6) is 5.75 Å². The molecule has 1 aromatic heterocycles. The third kappa shape index (κ3) is 6.05.